The molecule has 4 bridgehead atoms. The fourth-order valence-corrected chi connectivity index (χ4v) is 8.10. The van der Waals surface area contributed by atoms with Crippen molar-refractivity contribution >= 4 is 33.4 Å². The van der Waals surface area contributed by atoms with Crippen LogP contribution in [-0.4, -0.2) is 34.6 Å². The van der Waals surface area contributed by atoms with Gasteiger partial charge in [0.15, 0.2) is 0 Å². The van der Waals surface area contributed by atoms with Crippen LogP contribution < -0.4 is 5.32 Å². The third-order valence-electron chi connectivity index (χ3n) is 7.11. The van der Waals surface area contributed by atoms with Crippen LogP contribution in [0.15, 0.2) is 12.1 Å². The van der Waals surface area contributed by atoms with Gasteiger partial charge in [-0.2, -0.15) is 0 Å². The molecule has 2 unspecified atom stereocenters. The highest BCUT2D eigenvalue weighted by molar-refractivity contribution is 9.10. The molecule has 0 heterocycles. The quantitative estimate of drug-likeness (QED) is 0.678. The van der Waals surface area contributed by atoms with E-state index in [1.807, 2.05) is 13.8 Å². The third kappa shape index (κ3) is 3.51. The Morgan fingerprint density at radius 2 is 1.68 bits per heavy atom. The first-order valence-corrected chi connectivity index (χ1v) is 11.2. The van der Waals surface area contributed by atoms with Gasteiger partial charge >= 0.3 is 0 Å². The molecule has 4 aliphatic rings. The number of likely N-dealkylation sites (N-methyl/N-ethyl adjacent to an activating group) is 1. The summed E-state index contributed by atoms with van der Waals surface area (Å²) in [7, 11) is 1.79. The number of alkyl halides is 1. The van der Waals surface area contributed by atoms with Crippen LogP contribution in [0.2, 0.25) is 0 Å². The van der Waals surface area contributed by atoms with Crippen molar-refractivity contribution in [2.24, 2.45) is 17.3 Å². The molecule has 5 rings (SSSR count). The summed E-state index contributed by atoms with van der Waals surface area (Å²) in [4.78, 5) is 27.8. The van der Waals surface area contributed by atoms with Gasteiger partial charge in [0.1, 0.15) is 0 Å². The van der Waals surface area contributed by atoms with E-state index in [4.69, 9.17) is 0 Å². The van der Waals surface area contributed by atoms with Crippen molar-refractivity contribution in [2.75, 3.05) is 18.9 Å². The Morgan fingerprint density at radius 3 is 2.21 bits per heavy atom. The Morgan fingerprint density at radius 1 is 1.11 bits per heavy atom. The first-order chi connectivity index (χ1) is 13.1. The van der Waals surface area contributed by atoms with Crippen molar-refractivity contribution < 1.29 is 9.59 Å². The topological polar surface area (TPSA) is 49.4 Å². The molecule has 1 N–H and O–H groups in total. The molecular weight excluding hydrogens is 416 g/mol. The van der Waals surface area contributed by atoms with E-state index in [0.717, 1.165) is 36.1 Å². The minimum Gasteiger partial charge on any atom is -0.336 e. The Bertz CT molecular complexity index is 797. The molecule has 0 saturated heterocycles. The maximum absolute atomic E-state index is 13.4. The van der Waals surface area contributed by atoms with Gasteiger partial charge in [-0.3, -0.25) is 9.59 Å². The van der Waals surface area contributed by atoms with Gasteiger partial charge in [-0.25, -0.2) is 0 Å². The van der Waals surface area contributed by atoms with E-state index in [1.54, 1.807) is 11.9 Å². The number of nitrogens with one attached hydrogen (secondary N) is 1. The molecular formula is C23H31BrN2O2. The van der Waals surface area contributed by atoms with Gasteiger partial charge in [-0.05, 0) is 82.3 Å². The summed E-state index contributed by atoms with van der Waals surface area (Å²) in [5, 5.41) is 3.03. The summed E-state index contributed by atoms with van der Waals surface area (Å²) in [6.07, 6.45) is 6.60. The smallest absolute Gasteiger partial charge is 0.243 e. The number of halogens is 1. The number of amides is 2. The highest BCUT2D eigenvalue weighted by atomic mass is 79.9. The van der Waals surface area contributed by atoms with Gasteiger partial charge in [0.25, 0.3) is 0 Å². The van der Waals surface area contributed by atoms with Crippen molar-refractivity contribution in [3.63, 3.8) is 0 Å². The molecule has 28 heavy (non-hydrogen) atoms. The summed E-state index contributed by atoms with van der Waals surface area (Å²) in [5.74, 6) is 1.36. The second-order valence-electron chi connectivity index (χ2n) is 9.88. The standard InChI is InChI=1S/C23H31BrN2O2/c1-14-5-15(2)20(16(3)6-14)25-19(27)12-26(4)21(28)22-8-17-7-18(9-22)11-23(24,10-17)13-22/h5-6,17-18H,7-13H2,1-4H3,(H,25,27). The third-order valence-corrected chi connectivity index (χ3v) is 8.04. The zero-order chi connectivity index (χ0) is 20.3. The fourth-order valence-electron chi connectivity index (χ4n) is 6.65. The van der Waals surface area contributed by atoms with Crippen LogP contribution in [0.4, 0.5) is 5.69 Å². The highest BCUT2D eigenvalue weighted by Crippen LogP contribution is 2.64. The van der Waals surface area contributed by atoms with Crippen molar-refractivity contribution in [2.45, 2.75) is 63.6 Å². The lowest BCUT2D eigenvalue weighted by Gasteiger charge is -2.59. The highest BCUT2D eigenvalue weighted by Gasteiger charge is 2.60. The van der Waals surface area contributed by atoms with Gasteiger partial charge in [-0.1, -0.05) is 33.6 Å². The number of hydrogen-bond donors (Lipinski definition) is 1. The number of nitrogens with zero attached hydrogens (tertiary/aromatic N) is 1. The molecule has 0 radical (unpaired) electrons. The van der Waals surface area contributed by atoms with Crippen LogP contribution in [0.25, 0.3) is 0 Å². The monoisotopic (exact) mass is 446 g/mol. The van der Waals surface area contributed by atoms with Gasteiger partial charge in [0.2, 0.25) is 11.8 Å². The maximum Gasteiger partial charge on any atom is 0.243 e. The van der Waals surface area contributed by atoms with E-state index in [2.05, 4.69) is 40.3 Å². The number of rotatable bonds is 4. The summed E-state index contributed by atoms with van der Waals surface area (Å²) < 4.78 is 0.145. The molecule has 4 aliphatic carbocycles. The number of hydrogen-bond acceptors (Lipinski definition) is 2. The van der Waals surface area contributed by atoms with Crippen LogP contribution in [0.1, 0.15) is 55.2 Å². The fraction of sp³-hybridized carbons (Fsp3) is 0.652. The average Bonchev–Trinajstić information content (AvgIpc) is 2.55. The van der Waals surface area contributed by atoms with Crippen LogP contribution >= 0.6 is 15.9 Å². The lowest BCUT2D eigenvalue weighted by molar-refractivity contribution is -0.155. The second kappa shape index (κ2) is 6.86. The molecule has 1 aromatic carbocycles. The van der Waals surface area contributed by atoms with Crippen LogP contribution in [0.5, 0.6) is 0 Å². The summed E-state index contributed by atoms with van der Waals surface area (Å²) in [6, 6.07) is 4.14. The largest absolute Gasteiger partial charge is 0.336 e. The molecule has 0 aliphatic heterocycles. The van der Waals surface area contributed by atoms with Gasteiger partial charge < -0.3 is 10.2 Å². The van der Waals surface area contributed by atoms with E-state index in [-0.39, 0.29) is 28.1 Å². The molecule has 0 spiro atoms. The van der Waals surface area contributed by atoms with Gasteiger partial charge in [-0.15, -0.1) is 0 Å². The van der Waals surface area contributed by atoms with Crippen molar-refractivity contribution in [1.29, 1.82) is 0 Å². The normalized spacial score (nSPS) is 33.0. The molecule has 4 nitrogen and oxygen atoms in total. The minimum atomic E-state index is -0.266. The summed E-state index contributed by atoms with van der Waals surface area (Å²) >= 11 is 3.98. The molecule has 152 valence electrons. The van der Waals surface area contributed by atoms with E-state index in [9.17, 15) is 9.59 Å². The lowest BCUT2D eigenvalue weighted by Crippen LogP contribution is -2.58. The molecule has 1 aromatic rings. The first-order valence-electron chi connectivity index (χ1n) is 10.4. The number of aryl methyl sites for hydroxylation is 3. The lowest BCUT2D eigenvalue weighted by atomic mass is 9.49. The molecule has 4 fully saturated rings. The minimum absolute atomic E-state index is 0.109. The van der Waals surface area contributed by atoms with Gasteiger partial charge in [0.05, 0.1) is 12.0 Å². The summed E-state index contributed by atoms with van der Waals surface area (Å²) in [5.41, 5.74) is 3.90. The van der Waals surface area contributed by atoms with E-state index in [0.29, 0.717) is 11.8 Å². The van der Waals surface area contributed by atoms with Gasteiger partial charge in [0, 0.05) is 17.1 Å². The molecule has 5 heteroatoms. The zero-order valence-corrected chi connectivity index (χ0v) is 19.0. The average molecular weight is 447 g/mol. The molecule has 2 amide bonds. The van der Waals surface area contributed by atoms with E-state index >= 15 is 0 Å². The predicted molar refractivity (Wildman–Crippen MR) is 116 cm³/mol. The van der Waals surface area contributed by atoms with E-state index in [1.165, 1.54) is 24.8 Å². The molecule has 0 aromatic heterocycles. The number of anilines is 1. The number of benzene rings is 1. The van der Waals surface area contributed by atoms with E-state index < -0.39 is 0 Å². The van der Waals surface area contributed by atoms with Crippen molar-refractivity contribution in [3.8, 4) is 0 Å². The predicted octanol–water partition coefficient (Wildman–Crippen LogP) is 4.74. The second-order valence-corrected chi connectivity index (χ2v) is 11.6. The molecule has 4 saturated carbocycles. The number of carbonyl (C=O) groups is 2. The Hall–Kier alpha value is -1.36. The zero-order valence-electron chi connectivity index (χ0n) is 17.4. The first kappa shape index (κ1) is 19.9. The maximum atomic E-state index is 13.4. The van der Waals surface area contributed by atoms with Crippen LogP contribution in [0.3, 0.4) is 0 Å². The Labute approximate surface area is 176 Å². The molecule has 2 atom stereocenters. The Kier molecular flexibility index (Phi) is 4.88. The summed E-state index contributed by atoms with van der Waals surface area (Å²) in [6.45, 7) is 6.18. The Balaban J connectivity index is 1.45. The number of carbonyl (C=O) groups excluding carboxylic acids is 2. The van der Waals surface area contributed by atoms with Crippen LogP contribution in [-0.2, 0) is 9.59 Å². The van der Waals surface area contributed by atoms with Crippen molar-refractivity contribution in [1.82, 2.24) is 4.90 Å². The van der Waals surface area contributed by atoms with Crippen molar-refractivity contribution in [3.05, 3.63) is 28.8 Å². The van der Waals surface area contributed by atoms with Crippen LogP contribution in [0, 0.1) is 38.0 Å². The SMILES string of the molecule is Cc1cc(C)c(NC(=O)CN(C)C(=O)C23CC4CC(CC(Br)(C4)C2)C3)c(C)c1.